The lowest BCUT2D eigenvalue weighted by molar-refractivity contribution is -0.215. The van der Waals surface area contributed by atoms with Gasteiger partial charge in [-0.2, -0.15) is 8.42 Å². The molecule has 2 saturated carbocycles. The van der Waals surface area contributed by atoms with Crippen LogP contribution in [-0.4, -0.2) is 63.9 Å². The summed E-state index contributed by atoms with van der Waals surface area (Å²) >= 11 is 0. The van der Waals surface area contributed by atoms with E-state index in [4.69, 9.17) is 18.4 Å². The first-order chi connectivity index (χ1) is 11.2. The third-order valence-corrected chi connectivity index (χ3v) is 5.50. The van der Waals surface area contributed by atoms with Crippen LogP contribution in [0.25, 0.3) is 0 Å². The van der Waals surface area contributed by atoms with Gasteiger partial charge in [0.1, 0.15) is 24.4 Å². The van der Waals surface area contributed by atoms with Crippen molar-refractivity contribution in [1.29, 1.82) is 0 Å². The number of ether oxygens (including phenoxy) is 3. The molecule has 1 heterocycles. The summed E-state index contributed by atoms with van der Waals surface area (Å²) in [7, 11) is -2.22. The number of carbonyl (C=O) groups excluding carboxylic acids is 1. The van der Waals surface area contributed by atoms with Gasteiger partial charge in [0, 0.05) is 26.9 Å². The normalized spacial score (nSPS) is 38.2. The van der Waals surface area contributed by atoms with E-state index in [1.807, 2.05) is 0 Å². The first kappa shape index (κ1) is 18.1. The first-order valence-corrected chi connectivity index (χ1v) is 10.1. The summed E-state index contributed by atoms with van der Waals surface area (Å²) in [4.78, 5) is 11.5. The summed E-state index contributed by atoms with van der Waals surface area (Å²) in [5.41, 5.74) is 0. The molecule has 1 spiro atoms. The first-order valence-electron chi connectivity index (χ1n) is 8.28. The van der Waals surface area contributed by atoms with Crippen LogP contribution >= 0.6 is 0 Å². The van der Waals surface area contributed by atoms with Crippen LogP contribution in [0.5, 0.6) is 0 Å². The van der Waals surface area contributed by atoms with Crippen LogP contribution in [0.1, 0.15) is 39.0 Å². The maximum atomic E-state index is 11.7. The van der Waals surface area contributed by atoms with Crippen LogP contribution in [0.2, 0.25) is 0 Å². The zero-order chi connectivity index (χ0) is 17.5. The number of fused-ring (bicyclic) bond motifs is 1. The fourth-order valence-corrected chi connectivity index (χ4v) is 4.72. The third-order valence-electron chi connectivity index (χ3n) is 4.92. The van der Waals surface area contributed by atoms with Crippen LogP contribution in [0.4, 0.5) is 0 Å². The smallest absolute Gasteiger partial charge is 0.264 e. The lowest BCUT2D eigenvalue weighted by Gasteiger charge is -2.35. The van der Waals surface area contributed by atoms with E-state index in [1.165, 1.54) is 14.0 Å². The Morgan fingerprint density at radius 1 is 1.12 bits per heavy atom. The number of carbonyl (C=O) groups is 1. The molecule has 0 radical (unpaired) electrons. The highest BCUT2D eigenvalue weighted by atomic mass is 32.2. The van der Waals surface area contributed by atoms with Gasteiger partial charge in [-0.15, -0.1) is 0 Å². The minimum atomic E-state index is -3.73. The Labute approximate surface area is 142 Å². The highest BCUT2D eigenvalue weighted by molar-refractivity contribution is 7.86. The average molecular weight is 363 g/mol. The summed E-state index contributed by atoms with van der Waals surface area (Å²) in [6, 6.07) is -0.654. The molecule has 1 N–H and O–H groups in total. The van der Waals surface area contributed by atoms with Crippen molar-refractivity contribution >= 4 is 16.0 Å². The topological polar surface area (TPSA) is 100 Å². The van der Waals surface area contributed by atoms with E-state index >= 15 is 0 Å². The van der Waals surface area contributed by atoms with Crippen molar-refractivity contribution in [2.75, 3.05) is 13.4 Å². The van der Waals surface area contributed by atoms with Crippen molar-refractivity contribution < 1.29 is 31.6 Å². The van der Waals surface area contributed by atoms with Gasteiger partial charge in [0.2, 0.25) is 5.91 Å². The van der Waals surface area contributed by atoms with E-state index in [1.54, 1.807) is 0 Å². The second kappa shape index (κ2) is 6.53. The summed E-state index contributed by atoms with van der Waals surface area (Å²) < 4.78 is 46.6. The zero-order valence-electron chi connectivity index (χ0n) is 14.2. The highest BCUT2D eigenvalue weighted by Gasteiger charge is 2.63. The van der Waals surface area contributed by atoms with Crippen LogP contribution in [0.3, 0.4) is 0 Å². The van der Waals surface area contributed by atoms with Gasteiger partial charge in [-0.25, -0.2) is 0 Å². The summed E-state index contributed by atoms with van der Waals surface area (Å²) in [5, 5.41) is 2.72. The molecular formula is C15H25NO7S. The number of amides is 1. The van der Waals surface area contributed by atoms with E-state index in [-0.39, 0.29) is 5.91 Å². The molecule has 9 heteroatoms. The van der Waals surface area contributed by atoms with Crippen molar-refractivity contribution in [3.63, 3.8) is 0 Å². The molecule has 0 aromatic rings. The maximum Gasteiger partial charge on any atom is 0.264 e. The molecule has 138 valence electrons. The van der Waals surface area contributed by atoms with Crippen LogP contribution in [0.15, 0.2) is 0 Å². The standard InChI is InChI=1S/C15H25NO7S/c1-9(17)16-10-11(20-2)13-14(12(10)23-24(3,18)19)22-15(21-13)7-5-4-6-8-15/h10-14H,4-8H2,1-3H3,(H,16,17)/t10-,11-,12+,13+,14-/m1/s1. The quantitative estimate of drug-likeness (QED) is 0.718. The molecule has 2 aliphatic carbocycles. The second-order valence-electron chi connectivity index (χ2n) is 6.83. The number of methoxy groups -OCH3 is 1. The molecule has 3 fully saturated rings. The molecule has 1 aliphatic heterocycles. The molecule has 8 nitrogen and oxygen atoms in total. The molecule has 3 aliphatic rings. The van der Waals surface area contributed by atoms with Gasteiger partial charge in [0.25, 0.3) is 10.1 Å². The minimum absolute atomic E-state index is 0.295. The second-order valence-corrected chi connectivity index (χ2v) is 8.43. The zero-order valence-corrected chi connectivity index (χ0v) is 15.0. The van der Waals surface area contributed by atoms with Gasteiger partial charge < -0.3 is 19.5 Å². The molecule has 3 rings (SSSR count). The molecular weight excluding hydrogens is 338 g/mol. The molecule has 1 amide bonds. The Morgan fingerprint density at radius 2 is 1.71 bits per heavy atom. The van der Waals surface area contributed by atoms with Crippen molar-refractivity contribution in [3.8, 4) is 0 Å². The predicted octanol–water partition coefficient (Wildman–Crippen LogP) is 0.309. The Morgan fingerprint density at radius 3 is 2.21 bits per heavy atom. The molecule has 0 aromatic carbocycles. The van der Waals surface area contributed by atoms with Gasteiger partial charge in [0.15, 0.2) is 5.79 Å². The summed E-state index contributed by atoms with van der Waals surface area (Å²) in [5.74, 6) is -0.985. The number of hydrogen-bond acceptors (Lipinski definition) is 7. The molecule has 1 saturated heterocycles. The largest absolute Gasteiger partial charge is 0.376 e. The average Bonchev–Trinajstić information content (AvgIpc) is 2.93. The van der Waals surface area contributed by atoms with Gasteiger partial charge in [-0.1, -0.05) is 6.42 Å². The molecule has 0 bridgehead atoms. The van der Waals surface area contributed by atoms with E-state index in [2.05, 4.69) is 5.32 Å². The van der Waals surface area contributed by atoms with Crippen molar-refractivity contribution in [1.82, 2.24) is 5.32 Å². The van der Waals surface area contributed by atoms with E-state index < -0.39 is 46.4 Å². The predicted molar refractivity (Wildman–Crippen MR) is 83.7 cm³/mol. The Kier molecular flexibility index (Phi) is 4.91. The molecule has 24 heavy (non-hydrogen) atoms. The molecule has 0 unspecified atom stereocenters. The van der Waals surface area contributed by atoms with Crippen LogP contribution < -0.4 is 5.32 Å². The monoisotopic (exact) mass is 363 g/mol. The number of nitrogens with one attached hydrogen (secondary N) is 1. The van der Waals surface area contributed by atoms with Gasteiger partial charge in [-0.05, 0) is 12.8 Å². The third kappa shape index (κ3) is 3.45. The van der Waals surface area contributed by atoms with Crippen LogP contribution in [-0.2, 0) is 33.3 Å². The molecule has 5 atom stereocenters. The van der Waals surface area contributed by atoms with E-state index in [9.17, 15) is 13.2 Å². The Bertz CT molecular complexity index is 587. The SMILES string of the molecule is CO[C@@H]1[C@@H](NC(C)=O)[C@H](OS(C)(=O)=O)[C@H]2OC3(CCCCC3)O[C@H]21. The Balaban J connectivity index is 1.88. The van der Waals surface area contributed by atoms with Gasteiger partial charge >= 0.3 is 0 Å². The van der Waals surface area contributed by atoms with Crippen molar-refractivity contribution in [3.05, 3.63) is 0 Å². The van der Waals surface area contributed by atoms with Gasteiger partial charge in [0.05, 0.1) is 12.3 Å². The molecule has 0 aromatic heterocycles. The fourth-order valence-electron chi connectivity index (χ4n) is 4.08. The fraction of sp³-hybridized carbons (Fsp3) is 0.933. The maximum absolute atomic E-state index is 11.7. The van der Waals surface area contributed by atoms with Gasteiger partial charge in [-0.3, -0.25) is 8.98 Å². The Hall–Kier alpha value is -0.740. The number of hydrogen-bond donors (Lipinski definition) is 1. The summed E-state index contributed by atoms with van der Waals surface area (Å²) in [6.07, 6.45) is 3.19. The summed E-state index contributed by atoms with van der Waals surface area (Å²) in [6.45, 7) is 1.36. The lowest BCUT2D eigenvalue weighted by Crippen LogP contribution is -2.51. The van der Waals surface area contributed by atoms with E-state index in [0.717, 1.165) is 38.4 Å². The van der Waals surface area contributed by atoms with Crippen molar-refractivity contribution in [2.24, 2.45) is 0 Å². The minimum Gasteiger partial charge on any atom is -0.376 e. The highest BCUT2D eigenvalue weighted by Crippen LogP contribution is 2.47. The van der Waals surface area contributed by atoms with Crippen LogP contribution in [0, 0.1) is 0 Å². The number of rotatable bonds is 4. The lowest BCUT2D eigenvalue weighted by atomic mass is 9.94. The van der Waals surface area contributed by atoms with Crippen molar-refractivity contribution in [2.45, 2.75) is 75.3 Å². The van der Waals surface area contributed by atoms with E-state index in [0.29, 0.717) is 0 Å².